The number of esters is 4. The van der Waals surface area contributed by atoms with Crippen LogP contribution in [-0.2, 0) is 65.4 Å². The Labute approximate surface area is 594 Å². The third kappa shape index (κ3) is 72.2. The van der Waals surface area contributed by atoms with Crippen LogP contribution in [0, 0.1) is 5.92 Å². The predicted molar refractivity (Wildman–Crippen MR) is 395 cm³/mol. The van der Waals surface area contributed by atoms with Gasteiger partial charge in [-0.15, -0.1) is 0 Å². The smallest absolute Gasteiger partial charge is 0.462 e. The SMILES string of the molecule is CCCCCCCCCCCCCCC(=O)OC[C@H](COP(=O)(O)OC[C@H](O)COP(=O)(O)OC[C@@H](COC(=O)CCCCCCCCCCCCCC)OC(=O)CCCCCCCCCCCCCCCCCCCCC(C)C)OC(=O)CCCCCCCCCCCCCC. The van der Waals surface area contributed by atoms with E-state index in [4.69, 9.17) is 37.0 Å². The van der Waals surface area contributed by atoms with E-state index in [0.717, 1.165) is 95.8 Å². The second-order valence-electron chi connectivity index (χ2n) is 28.6. The molecule has 576 valence electrons. The minimum Gasteiger partial charge on any atom is -0.462 e. The average Bonchev–Trinajstić information content (AvgIpc) is 1.65. The van der Waals surface area contributed by atoms with Crippen molar-refractivity contribution in [3.63, 3.8) is 0 Å². The van der Waals surface area contributed by atoms with Crippen molar-refractivity contribution in [1.29, 1.82) is 0 Å². The Morgan fingerprint density at radius 2 is 0.474 bits per heavy atom. The standard InChI is InChI=1S/C78H152O17P2/c1-6-9-12-15-18-21-24-36-41-46-51-56-61-75(80)88-67-73(94-77(82)63-58-53-48-43-38-26-23-20-17-14-11-8-3)69-92-96(84,85)90-65-72(79)66-91-97(86,87)93-70-74(68-89-76(81)62-57-52-47-42-37-25-22-19-16-13-10-7-2)95-78(83)64-59-54-49-44-39-34-32-30-28-27-29-31-33-35-40-45-50-55-60-71(4)5/h71-74,79H,6-70H2,1-5H3,(H,84,85)(H,86,87)/t72-,73+,74+/m0/s1. The first-order valence-electron chi connectivity index (χ1n) is 40.6. The Kier molecular flexibility index (Phi) is 69.6. The minimum atomic E-state index is -4.96. The average molecular weight is 1420 g/mol. The van der Waals surface area contributed by atoms with E-state index in [-0.39, 0.29) is 25.7 Å². The van der Waals surface area contributed by atoms with Gasteiger partial charge < -0.3 is 33.8 Å². The highest BCUT2D eigenvalue weighted by atomic mass is 31.2. The van der Waals surface area contributed by atoms with Crippen LogP contribution in [0.1, 0.15) is 413 Å². The predicted octanol–water partition coefficient (Wildman–Crippen LogP) is 23.3. The molecule has 0 saturated heterocycles. The summed E-state index contributed by atoms with van der Waals surface area (Å²) in [4.78, 5) is 72.9. The number of ether oxygens (including phenoxy) is 4. The van der Waals surface area contributed by atoms with Crippen LogP contribution in [-0.4, -0.2) is 96.7 Å². The monoisotopic (exact) mass is 1420 g/mol. The lowest BCUT2D eigenvalue weighted by Gasteiger charge is -2.21. The molecule has 0 aliphatic heterocycles. The first-order chi connectivity index (χ1) is 47.0. The van der Waals surface area contributed by atoms with Crippen LogP contribution < -0.4 is 0 Å². The Balaban J connectivity index is 5.20. The maximum Gasteiger partial charge on any atom is 0.472 e. The van der Waals surface area contributed by atoms with E-state index >= 15 is 0 Å². The Morgan fingerprint density at radius 3 is 0.701 bits per heavy atom. The van der Waals surface area contributed by atoms with E-state index in [1.54, 1.807) is 0 Å². The van der Waals surface area contributed by atoms with Crippen LogP contribution in [0.25, 0.3) is 0 Å². The molecule has 17 nitrogen and oxygen atoms in total. The lowest BCUT2D eigenvalue weighted by atomic mass is 10.0. The molecule has 0 bridgehead atoms. The highest BCUT2D eigenvalue weighted by Crippen LogP contribution is 2.45. The number of phosphoric ester groups is 2. The van der Waals surface area contributed by atoms with Gasteiger partial charge in [0.1, 0.15) is 19.3 Å². The molecule has 3 N–H and O–H groups in total. The first-order valence-corrected chi connectivity index (χ1v) is 43.6. The van der Waals surface area contributed by atoms with Gasteiger partial charge in [-0.2, -0.15) is 0 Å². The number of carbonyl (C=O) groups is 4. The largest absolute Gasteiger partial charge is 0.472 e. The first kappa shape index (κ1) is 95.1. The van der Waals surface area contributed by atoms with Crippen molar-refractivity contribution < 1.29 is 80.2 Å². The summed E-state index contributed by atoms with van der Waals surface area (Å²) in [7, 11) is -9.91. The molecule has 5 atom stereocenters. The lowest BCUT2D eigenvalue weighted by molar-refractivity contribution is -0.161. The summed E-state index contributed by atoms with van der Waals surface area (Å²) >= 11 is 0. The molecule has 0 aromatic rings. The van der Waals surface area contributed by atoms with Crippen molar-refractivity contribution in [1.82, 2.24) is 0 Å². The van der Waals surface area contributed by atoms with Crippen LogP contribution in [0.3, 0.4) is 0 Å². The van der Waals surface area contributed by atoms with Crippen molar-refractivity contribution in [3.8, 4) is 0 Å². The zero-order valence-corrected chi connectivity index (χ0v) is 65.0. The minimum absolute atomic E-state index is 0.108. The molecule has 0 radical (unpaired) electrons. The maximum absolute atomic E-state index is 13.1. The number of hydrogen-bond acceptors (Lipinski definition) is 15. The van der Waals surface area contributed by atoms with Gasteiger partial charge in [0.2, 0.25) is 0 Å². The number of unbranched alkanes of at least 4 members (excludes halogenated alkanes) is 50. The molecule has 0 saturated carbocycles. The Hall–Kier alpha value is -1.94. The normalized spacial score (nSPS) is 13.9. The second-order valence-corrected chi connectivity index (χ2v) is 31.5. The molecule has 0 rings (SSSR count). The fraction of sp³-hybridized carbons (Fsp3) is 0.949. The maximum atomic E-state index is 13.1. The van der Waals surface area contributed by atoms with Gasteiger partial charge in [0, 0.05) is 25.7 Å². The zero-order chi connectivity index (χ0) is 71.2. The van der Waals surface area contributed by atoms with Crippen molar-refractivity contribution in [2.75, 3.05) is 39.6 Å². The number of hydrogen-bond donors (Lipinski definition) is 3. The van der Waals surface area contributed by atoms with Crippen LogP contribution in [0.4, 0.5) is 0 Å². The Morgan fingerprint density at radius 1 is 0.278 bits per heavy atom. The lowest BCUT2D eigenvalue weighted by Crippen LogP contribution is -2.30. The summed E-state index contributed by atoms with van der Waals surface area (Å²) in [6.07, 6.45) is 60.9. The highest BCUT2D eigenvalue weighted by Gasteiger charge is 2.30. The molecular formula is C78H152O17P2. The van der Waals surface area contributed by atoms with Gasteiger partial charge in [-0.25, -0.2) is 9.13 Å². The number of aliphatic hydroxyl groups excluding tert-OH is 1. The molecule has 97 heavy (non-hydrogen) atoms. The number of phosphoric acid groups is 2. The topological polar surface area (TPSA) is 237 Å². The van der Waals surface area contributed by atoms with E-state index in [2.05, 4.69) is 34.6 Å². The second kappa shape index (κ2) is 71.1. The van der Waals surface area contributed by atoms with Crippen molar-refractivity contribution >= 4 is 39.5 Å². The molecule has 0 aromatic heterocycles. The highest BCUT2D eigenvalue weighted by molar-refractivity contribution is 7.47. The van der Waals surface area contributed by atoms with Crippen molar-refractivity contribution in [2.45, 2.75) is 432 Å². The summed E-state index contributed by atoms with van der Waals surface area (Å²) in [5.41, 5.74) is 0. The van der Waals surface area contributed by atoms with Gasteiger partial charge in [0.25, 0.3) is 0 Å². The Bertz CT molecular complexity index is 1860. The quantitative estimate of drug-likeness (QED) is 0.0222. The van der Waals surface area contributed by atoms with Gasteiger partial charge in [0.15, 0.2) is 12.2 Å². The fourth-order valence-corrected chi connectivity index (χ4v) is 13.6. The van der Waals surface area contributed by atoms with Crippen LogP contribution in [0.2, 0.25) is 0 Å². The zero-order valence-electron chi connectivity index (χ0n) is 63.2. The van der Waals surface area contributed by atoms with Gasteiger partial charge in [0.05, 0.1) is 26.4 Å². The number of aliphatic hydroxyl groups is 1. The molecule has 19 heteroatoms. The van der Waals surface area contributed by atoms with E-state index < -0.39 is 97.5 Å². The van der Waals surface area contributed by atoms with Gasteiger partial charge >= 0.3 is 39.5 Å². The molecule has 0 aromatic carbocycles. The summed E-state index contributed by atoms with van der Waals surface area (Å²) in [5.74, 6) is -1.29. The van der Waals surface area contributed by atoms with Crippen LogP contribution >= 0.6 is 15.6 Å². The summed E-state index contributed by atoms with van der Waals surface area (Å²) in [6, 6.07) is 0. The molecular weight excluding hydrogens is 1270 g/mol. The summed E-state index contributed by atoms with van der Waals surface area (Å²) in [5, 5.41) is 10.6. The van der Waals surface area contributed by atoms with E-state index in [9.17, 15) is 43.2 Å². The van der Waals surface area contributed by atoms with E-state index in [1.165, 1.54) is 238 Å². The molecule has 0 heterocycles. The molecule has 0 aliphatic carbocycles. The van der Waals surface area contributed by atoms with Gasteiger partial charge in [-0.1, -0.05) is 362 Å². The van der Waals surface area contributed by atoms with Crippen molar-refractivity contribution in [2.24, 2.45) is 5.92 Å². The summed E-state index contributed by atoms with van der Waals surface area (Å²) < 4.78 is 68.6. The molecule has 0 fully saturated rings. The van der Waals surface area contributed by atoms with Gasteiger partial charge in [-0.05, 0) is 31.6 Å². The van der Waals surface area contributed by atoms with E-state index in [1.807, 2.05) is 0 Å². The van der Waals surface area contributed by atoms with Crippen LogP contribution in [0.5, 0.6) is 0 Å². The third-order valence-corrected chi connectivity index (χ3v) is 20.2. The molecule has 2 unspecified atom stereocenters. The van der Waals surface area contributed by atoms with Crippen molar-refractivity contribution in [3.05, 3.63) is 0 Å². The molecule has 0 aliphatic rings. The van der Waals surface area contributed by atoms with Gasteiger partial charge in [-0.3, -0.25) is 37.3 Å². The molecule has 0 spiro atoms. The van der Waals surface area contributed by atoms with Crippen LogP contribution in [0.15, 0.2) is 0 Å². The number of rotatable bonds is 78. The van der Waals surface area contributed by atoms with E-state index in [0.29, 0.717) is 25.7 Å². The summed E-state index contributed by atoms with van der Waals surface area (Å²) in [6.45, 7) is 7.34. The molecule has 0 amide bonds. The fourth-order valence-electron chi connectivity index (χ4n) is 12.1. The third-order valence-electron chi connectivity index (χ3n) is 18.3. The number of carbonyl (C=O) groups excluding carboxylic acids is 4.